The van der Waals surface area contributed by atoms with Crippen LogP contribution in [-0.4, -0.2) is 33.4 Å². The van der Waals surface area contributed by atoms with E-state index in [2.05, 4.69) is 5.32 Å². The van der Waals surface area contributed by atoms with Gasteiger partial charge in [0.1, 0.15) is 6.04 Å². The minimum absolute atomic E-state index is 0.0479. The lowest BCUT2D eigenvalue weighted by Gasteiger charge is -2.20. The van der Waals surface area contributed by atoms with Crippen molar-refractivity contribution in [3.05, 3.63) is 29.8 Å². The molecule has 0 spiro atoms. The molecule has 17 heavy (non-hydrogen) atoms. The molecule has 1 aromatic carbocycles. The molecule has 1 aromatic rings. The maximum Gasteiger partial charge on any atom is 0.404 e. The number of hydrogen-bond acceptors (Lipinski definition) is 2. The van der Waals surface area contributed by atoms with E-state index in [1.54, 1.807) is 12.1 Å². The quantitative estimate of drug-likeness (QED) is 0.877. The van der Waals surface area contributed by atoms with E-state index < -0.39 is 12.2 Å². The normalized spacial score (nSPS) is 13.5. The van der Waals surface area contributed by atoms with Crippen molar-refractivity contribution in [2.75, 3.05) is 26.0 Å². The molecule has 0 aliphatic heterocycles. The van der Waals surface area contributed by atoms with Gasteiger partial charge in [0.25, 0.3) is 0 Å². The van der Waals surface area contributed by atoms with Crippen molar-refractivity contribution < 1.29 is 13.2 Å². The Morgan fingerprint density at radius 1 is 1.18 bits per heavy atom. The van der Waals surface area contributed by atoms with E-state index in [4.69, 9.17) is 0 Å². The number of rotatable bonds is 4. The Balaban J connectivity index is 2.74. The molecule has 0 fully saturated rings. The second-order valence-corrected chi connectivity index (χ2v) is 4.15. The predicted molar refractivity (Wildman–Crippen MR) is 63.4 cm³/mol. The summed E-state index contributed by atoms with van der Waals surface area (Å²) in [6.45, 7) is 0. The monoisotopic (exact) mass is 246 g/mol. The highest BCUT2D eigenvalue weighted by Gasteiger charge is 2.38. The molecule has 0 saturated heterocycles. The molecule has 5 heteroatoms. The number of nitrogens with one attached hydrogen (secondary N) is 1. The van der Waals surface area contributed by atoms with Crippen LogP contribution < -0.4 is 10.2 Å². The smallest absolute Gasteiger partial charge is 0.378 e. The van der Waals surface area contributed by atoms with Gasteiger partial charge in [0.05, 0.1) is 0 Å². The molecule has 1 rings (SSSR count). The van der Waals surface area contributed by atoms with E-state index in [0.29, 0.717) is 5.56 Å². The second-order valence-electron chi connectivity index (χ2n) is 4.15. The van der Waals surface area contributed by atoms with Crippen molar-refractivity contribution in [2.24, 2.45) is 0 Å². The summed E-state index contributed by atoms with van der Waals surface area (Å²) in [5.41, 5.74) is 1.65. The zero-order valence-corrected chi connectivity index (χ0v) is 10.2. The Kier molecular flexibility index (Phi) is 4.40. The lowest BCUT2D eigenvalue weighted by molar-refractivity contribution is -0.154. The van der Waals surface area contributed by atoms with Crippen LogP contribution in [0.15, 0.2) is 24.3 Å². The molecule has 96 valence electrons. The Bertz CT molecular complexity index is 344. The van der Waals surface area contributed by atoms with Crippen LogP contribution in [0, 0.1) is 0 Å². The largest absolute Gasteiger partial charge is 0.404 e. The third-order valence-corrected chi connectivity index (χ3v) is 2.64. The molecule has 0 aliphatic rings. The first-order valence-electron chi connectivity index (χ1n) is 5.35. The predicted octanol–water partition coefficient (Wildman–Crippen LogP) is 2.45. The maximum absolute atomic E-state index is 12.5. The summed E-state index contributed by atoms with van der Waals surface area (Å²) in [6.07, 6.45) is -4.26. The van der Waals surface area contributed by atoms with Crippen LogP contribution in [0.2, 0.25) is 0 Å². The Morgan fingerprint density at radius 2 is 1.71 bits per heavy atom. The number of anilines is 1. The summed E-state index contributed by atoms with van der Waals surface area (Å²) in [5, 5.41) is 2.29. The fraction of sp³-hybridized carbons (Fsp3) is 0.500. The van der Waals surface area contributed by atoms with E-state index >= 15 is 0 Å². The fourth-order valence-corrected chi connectivity index (χ4v) is 1.55. The molecule has 0 bridgehead atoms. The molecular formula is C12H17F3N2. The van der Waals surface area contributed by atoms with E-state index in [-0.39, 0.29) is 6.42 Å². The van der Waals surface area contributed by atoms with E-state index in [0.717, 1.165) is 5.69 Å². The highest BCUT2D eigenvalue weighted by Crippen LogP contribution is 2.23. The van der Waals surface area contributed by atoms with Gasteiger partial charge in [-0.25, -0.2) is 0 Å². The average Bonchev–Trinajstić information content (AvgIpc) is 2.24. The van der Waals surface area contributed by atoms with Gasteiger partial charge in [0, 0.05) is 19.8 Å². The van der Waals surface area contributed by atoms with Crippen molar-refractivity contribution in [1.82, 2.24) is 5.32 Å². The van der Waals surface area contributed by atoms with Crippen molar-refractivity contribution in [1.29, 1.82) is 0 Å². The van der Waals surface area contributed by atoms with Crippen LogP contribution in [0.3, 0.4) is 0 Å². The summed E-state index contributed by atoms with van der Waals surface area (Å²) in [6, 6.07) is 5.60. The summed E-state index contributed by atoms with van der Waals surface area (Å²) in [5.74, 6) is 0. The molecule has 0 amide bonds. The zero-order valence-electron chi connectivity index (χ0n) is 10.2. The maximum atomic E-state index is 12.5. The van der Waals surface area contributed by atoms with Gasteiger partial charge in [-0.3, -0.25) is 0 Å². The number of benzene rings is 1. The summed E-state index contributed by atoms with van der Waals surface area (Å²) >= 11 is 0. The van der Waals surface area contributed by atoms with Crippen LogP contribution in [-0.2, 0) is 6.42 Å². The van der Waals surface area contributed by atoms with Crippen molar-refractivity contribution in [2.45, 2.75) is 18.6 Å². The van der Waals surface area contributed by atoms with Gasteiger partial charge in [0.15, 0.2) is 0 Å². The molecule has 1 unspecified atom stereocenters. The van der Waals surface area contributed by atoms with Gasteiger partial charge in [-0.15, -0.1) is 0 Å². The lowest BCUT2D eigenvalue weighted by atomic mass is 10.1. The Hall–Kier alpha value is -1.23. The molecule has 0 heterocycles. The number of hydrogen-bond donors (Lipinski definition) is 1. The first-order valence-corrected chi connectivity index (χ1v) is 5.35. The molecule has 1 N–H and O–H groups in total. The fourth-order valence-electron chi connectivity index (χ4n) is 1.55. The van der Waals surface area contributed by atoms with Crippen LogP contribution in [0.1, 0.15) is 5.56 Å². The first-order chi connectivity index (χ1) is 7.84. The Morgan fingerprint density at radius 3 is 2.06 bits per heavy atom. The third-order valence-electron chi connectivity index (χ3n) is 2.64. The van der Waals surface area contributed by atoms with Gasteiger partial charge in [-0.05, 0) is 31.2 Å². The minimum Gasteiger partial charge on any atom is -0.378 e. The van der Waals surface area contributed by atoms with Gasteiger partial charge in [-0.1, -0.05) is 12.1 Å². The van der Waals surface area contributed by atoms with Crippen LogP contribution in [0.4, 0.5) is 18.9 Å². The van der Waals surface area contributed by atoms with Crippen LogP contribution >= 0.6 is 0 Å². The molecule has 1 atom stereocenters. The summed E-state index contributed by atoms with van der Waals surface area (Å²) in [4.78, 5) is 1.91. The average molecular weight is 246 g/mol. The topological polar surface area (TPSA) is 15.3 Å². The van der Waals surface area contributed by atoms with Gasteiger partial charge in [-0.2, -0.15) is 13.2 Å². The second kappa shape index (κ2) is 5.40. The van der Waals surface area contributed by atoms with Crippen LogP contribution in [0.25, 0.3) is 0 Å². The molecular weight excluding hydrogens is 229 g/mol. The summed E-state index contributed by atoms with van der Waals surface area (Å²) in [7, 11) is 5.11. The minimum atomic E-state index is -4.21. The lowest BCUT2D eigenvalue weighted by Crippen LogP contribution is -2.41. The number of likely N-dealkylation sites (N-methyl/N-ethyl adjacent to an activating group) is 1. The molecule has 0 aliphatic carbocycles. The van der Waals surface area contributed by atoms with E-state index in [1.165, 1.54) is 7.05 Å². The molecule has 0 saturated carbocycles. The van der Waals surface area contributed by atoms with Gasteiger partial charge in [0.2, 0.25) is 0 Å². The van der Waals surface area contributed by atoms with E-state index in [9.17, 15) is 13.2 Å². The number of nitrogens with zero attached hydrogens (tertiary/aromatic N) is 1. The van der Waals surface area contributed by atoms with Gasteiger partial charge >= 0.3 is 6.18 Å². The molecule has 0 radical (unpaired) electrons. The van der Waals surface area contributed by atoms with Crippen molar-refractivity contribution in [3.63, 3.8) is 0 Å². The third kappa shape index (κ3) is 3.93. The number of alkyl halides is 3. The Labute approximate surface area is 99.4 Å². The zero-order chi connectivity index (χ0) is 13.1. The molecule has 0 aromatic heterocycles. The highest BCUT2D eigenvalue weighted by molar-refractivity contribution is 5.46. The summed E-state index contributed by atoms with van der Waals surface area (Å²) < 4.78 is 37.6. The van der Waals surface area contributed by atoms with E-state index in [1.807, 2.05) is 31.1 Å². The van der Waals surface area contributed by atoms with Crippen molar-refractivity contribution >= 4 is 5.69 Å². The SMILES string of the molecule is CNC(Cc1ccc(N(C)C)cc1)C(F)(F)F. The number of halogens is 3. The first kappa shape index (κ1) is 13.8. The molecule has 2 nitrogen and oxygen atoms in total. The van der Waals surface area contributed by atoms with Crippen molar-refractivity contribution in [3.8, 4) is 0 Å². The standard InChI is InChI=1S/C12H17F3N2/c1-16-11(12(13,14)15)8-9-4-6-10(7-5-9)17(2)3/h4-7,11,16H,8H2,1-3H3. The van der Waals surface area contributed by atoms with Crippen LogP contribution in [0.5, 0.6) is 0 Å². The van der Waals surface area contributed by atoms with Gasteiger partial charge < -0.3 is 10.2 Å². The highest BCUT2D eigenvalue weighted by atomic mass is 19.4.